The Kier molecular flexibility index (Phi) is 7.26. The highest BCUT2D eigenvalue weighted by Gasteiger charge is 2.37. The molecule has 0 aliphatic carbocycles. The Labute approximate surface area is 169 Å². The standard InChI is InChI=1S/C20H28F2N2O5/c1-2-28-19(25)23-7-5-15(6-8-23)24-9-10-27-13-20(26,12-24)14-29-16-3-4-17(21)18(22)11-16/h3-4,11,15,26H,2,5-10,12-14H2,1H3. The van der Waals surface area contributed by atoms with Gasteiger partial charge in [-0.3, -0.25) is 4.90 Å². The minimum atomic E-state index is -1.28. The van der Waals surface area contributed by atoms with Gasteiger partial charge in [-0.2, -0.15) is 0 Å². The van der Waals surface area contributed by atoms with Crippen molar-refractivity contribution in [3.8, 4) is 5.75 Å². The van der Waals surface area contributed by atoms with Gasteiger partial charge in [0, 0.05) is 38.3 Å². The highest BCUT2D eigenvalue weighted by molar-refractivity contribution is 5.67. The Hall–Kier alpha value is -1.97. The van der Waals surface area contributed by atoms with Crippen LogP contribution in [-0.4, -0.2) is 85.2 Å². The van der Waals surface area contributed by atoms with Crippen LogP contribution in [0.1, 0.15) is 19.8 Å². The normalized spacial score (nSPS) is 24.2. The molecule has 1 amide bonds. The van der Waals surface area contributed by atoms with Gasteiger partial charge in [-0.05, 0) is 31.9 Å². The zero-order valence-corrected chi connectivity index (χ0v) is 16.6. The second-order valence-electron chi connectivity index (χ2n) is 7.53. The summed E-state index contributed by atoms with van der Waals surface area (Å²) in [5.74, 6) is -1.80. The number of halogens is 2. The van der Waals surface area contributed by atoms with Gasteiger partial charge >= 0.3 is 6.09 Å². The molecule has 3 rings (SSSR count). The van der Waals surface area contributed by atoms with Crippen molar-refractivity contribution in [2.75, 3.05) is 52.6 Å². The fourth-order valence-corrected chi connectivity index (χ4v) is 3.76. The molecule has 2 aliphatic heterocycles. The van der Waals surface area contributed by atoms with Gasteiger partial charge in [-0.15, -0.1) is 0 Å². The lowest BCUT2D eigenvalue weighted by atomic mass is 10.00. The van der Waals surface area contributed by atoms with Crippen LogP contribution in [0.25, 0.3) is 0 Å². The first-order valence-corrected chi connectivity index (χ1v) is 9.94. The molecular weight excluding hydrogens is 386 g/mol. The minimum Gasteiger partial charge on any atom is -0.490 e. The van der Waals surface area contributed by atoms with Crippen molar-refractivity contribution < 1.29 is 32.9 Å². The maximum absolute atomic E-state index is 13.4. The minimum absolute atomic E-state index is 0.0921. The molecule has 2 heterocycles. The monoisotopic (exact) mass is 414 g/mol. The van der Waals surface area contributed by atoms with Gasteiger partial charge in [0.25, 0.3) is 0 Å². The lowest BCUT2D eigenvalue weighted by Crippen LogP contribution is -2.54. The van der Waals surface area contributed by atoms with Crippen LogP contribution in [0.3, 0.4) is 0 Å². The van der Waals surface area contributed by atoms with E-state index in [1.54, 1.807) is 11.8 Å². The van der Waals surface area contributed by atoms with Crippen molar-refractivity contribution in [2.45, 2.75) is 31.4 Å². The second-order valence-corrected chi connectivity index (χ2v) is 7.53. The van der Waals surface area contributed by atoms with Crippen LogP contribution in [-0.2, 0) is 9.47 Å². The molecular formula is C20H28F2N2O5. The van der Waals surface area contributed by atoms with Crippen LogP contribution in [0, 0.1) is 11.6 Å². The van der Waals surface area contributed by atoms with E-state index >= 15 is 0 Å². The molecule has 0 radical (unpaired) electrons. The van der Waals surface area contributed by atoms with Crippen molar-refractivity contribution >= 4 is 6.09 Å². The summed E-state index contributed by atoms with van der Waals surface area (Å²) in [5.41, 5.74) is -1.28. The number of rotatable bonds is 5. The Balaban J connectivity index is 1.56. The first-order valence-electron chi connectivity index (χ1n) is 9.94. The van der Waals surface area contributed by atoms with Gasteiger partial charge in [0.15, 0.2) is 11.6 Å². The summed E-state index contributed by atoms with van der Waals surface area (Å²) >= 11 is 0. The van der Waals surface area contributed by atoms with E-state index in [0.717, 1.165) is 25.0 Å². The molecule has 2 fully saturated rings. The number of ether oxygens (including phenoxy) is 3. The van der Waals surface area contributed by atoms with E-state index in [9.17, 15) is 18.7 Å². The van der Waals surface area contributed by atoms with Crippen molar-refractivity contribution in [1.29, 1.82) is 0 Å². The van der Waals surface area contributed by atoms with Crippen molar-refractivity contribution in [2.24, 2.45) is 0 Å². The predicted octanol–water partition coefficient (Wildman–Crippen LogP) is 2.03. The third-order valence-corrected chi connectivity index (χ3v) is 5.30. The number of nitrogens with zero attached hydrogens (tertiary/aromatic N) is 2. The van der Waals surface area contributed by atoms with E-state index < -0.39 is 17.2 Å². The fraction of sp³-hybridized carbons (Fsp3) is 0.650. The zero-order chi connectivity index (χ0) is 20.9. The molecule has 0 bridgehead atoms. The molecule has 29 heavy (non-hydrogen) atoms. The van der Waals surface area contributed by atoms with Gasteiger partial charge < -0.3 is 24.2 Å². The molecule has 162 valence electrons. The third-order valence-electron chi connectivity index (χ3n) is 5.30. The largest absolute Gasteiger partial charge is 0.490 e. The Bertz CT molecular complexity index is 699. The molecule has 7 nitrogen and oxygen atoms in total. The third kappa shape index (κ3) is 5.77. The zero-order valence-electron chi connectivity index (χ0n) is 16.6. The summed E-state index contributed by atoms with van der Waals surface area (Å²) in [6.07, 6.45) is 1.26. The summed E-state index contributed by atoms with van der Waals surface area (Å²) in [4.78, 5) is 15.7. The summed E-state index contributed by atoms with van der Waals surface area (Å²) in [7, 11) is 0. The van der Waals surface area contributed by atoms with Crippen LogP contribution in [0.15, 0.2) is 18.2 Å². The van der Waals surface area contributed by atoms with Gasteiger partial charge in [0.05, 0.1) is 19.8 Å². The Morgan fingerprint density at radius 2 is 2.03 bits per heavy atom. The lowest BCUT2D eigenvalue weighted by Gasteiger charge is -2.39. The van der Waals surface area contributed by atoms with Gasteiger partial charge in [0.1, 0.15) is 18.0 Å². The smallest absolute Gasteiger partial charge is 0.409 e. The molecule has 1 atom stereocenters. The average Bonchev–Trinajstić information content (AvgIpc) is 2.91. The molecule has 0 saturated carbocycles. The molecule has 2 saturated heterocycles. The average molecular weight is 414 g/mol. The van der Waals surface area contributed by atoms with Crippen molar-refractivity contribution in [3.05, 3.63) is 29.8 Å². The molecule has 1 aromatic carbocycles. The van der Waals surface area contributed by atoms with E-state index in [-0.39, 0.29) is 31.1 Å². The number of amides is 1. The molecule has 1 aromatic rings. The fourth-order valence-electron chi connectivity index (χ4n) is 3.76. The van der Waals surface area contributed by atoms with Crippen LogP contribution in [0.5, 0.6) is 5.75 Å². The number of likely N-dealkylation sites (tertiary alicyclic amines) is 1. The maximum atomic E-state index is 13.4. The van der Waals surface area contributed by atoms with Crippen molar-refractivity contribution in [1.82, 2.24) is 9.80 Å². The van der Waals surface area contributed by atoms with Crippen LogP contribution in [0.2, 0.25) is 0 Å². The van der Waals surface area contributed by atoms with E-state index in [4.69, 9.17) is 14.2 Å². The molecule has 0 aromatic heterocycles. The predicted molar refractivity (Wildman–Crippen MR) is 101 cm³/mol. The van der Waals surface area contributed by atoms with E-state index in [0.29, 0.717) is 39.4 Å². The molecule has 1 unspecified atom stereocenters. The molecule has 0 spiro atoms. The molecule has 9 heteroatoms. The summed E-state index contributed by atoms with van der Waals surface area (Å²) < 4.78 is 42.6. The first-order chi connectivity index (χ1) is 13.9. The highest BCUT2D eigenvalue weighted by Crippen LogP contribution is 2.23. The Morgan fingerprint density at radius 1 is 1.28 bits per heavy atom. The van der Waals surface area contributed by atoms with Crippen LogP contribution >= 0.6 is 0 Å². The van der Waals surface area contributed by atoms with Crippen LogP contribution in [0.4, 0.5) is 13.6 Å². The number of β-amino-alcohol motifs (C(OH)–C–C–N with tert-alkyl or cyclic N) is 1. The number of carbonyl (C=O) groups is 1. The van der Waals surface area contributed by atoms with Gasteiger partial charge in [-0.25, -0.2) is 13.6 Å². The summed E-state index contributed by atoms with van der Waals surface area (Å²) in [6.45, 7) is 4.81. The summed E-state index contributed by atoms with van der Waals surface area (Å²) in [5, 5.41) is 11.0. The maximum Gasteiger partial charge on any atom is 0.409 e. The number of hydrogen-bond acceptors (Lipinski definition) is 6. The number of hydrogen-bond donors (Lipinski definition) is 1. The SMILES string of the molecule is CCOC(=O)N1CCC(N2CCOCC(O)(COc3ccc(F)c(F)c3)C2)CC1. The van der Waals surface area contributed by atoms with Crippen LogP contribution < -0.4 is 4.74 Å². The number of piperidine rings is 1. The number of carbonyl (C=O) groups excluding carboxylic acids is 1. The summed E-state index contributed by atoms with van der Waals surface area (Å²) in [6, 6.07) is 3.47. The highest BCUT2D eigenvalue weighted by atomic mass is 19.2. The number of aliphatic hydroxyl groups is 1. The molecule has 2 aliphatic rings. The van der Waals surface area contributed by atoms with Gasteiger partial charge in [-0.1, -0.05) is 0 Å². The quantitative estimate of drug-likeness (QED) is 0.795. The topological polar surface area (TPSA) is 71.5 Å². The van der Waals surface area contributed by atoms with Crippen molar-refractivity contribution in [3.63, 3.8) is 0 Å². The lowest BCUT2D eigenvalue weighted by molar-refractivity contribution is -0.0689. The molecule has 1 N–H and O–H groups in total. The van der Waals surface area contributed by atoms with Gasteiger partial charge in [0.2, 0.25) is 0 Å². The number of benzene rings is 1. The van der Waals surface area contributed by atoms with E-state index in [2.05, 4.69) is 4.90 Å². The second kappa shape index (κ2) is 9.69. The Morgan fingerprint density at radius 3 is 2.72 bits per heavy atom. The van der Waals surface area contributed by atoms with E-state index in [1.807, 2.05) is 0 Å². The van der Waals surface area contributed by atoms with E-state index in [1.165, 1.54) is 6.07 Å². The first kappa shape index (κ1) is 21.7.